The Balaban J connectivity index is 1.35. The molecule has 1 atom stereocenters. The fourth-order valence-electron chi connectivity index (χ4n) is 3.89. The van der Waals surface area contributed by atoms with E-state index in [2.05, 4.69) is 30.6 Å². The third kappa shape index (κ3) is 3.47. The van der Waals surface area contributed by atoms with Crippen molar-refractivity contribution < 1.29 is 9.47 Å². The summed E-state index contributed by atoms with van der Waals surface area (Å²) in [5.74, 6) is 2.25. The predicted molar refractivity (Wildman–Crippen MR) is 112 cm³/mol. The molecule has 0 aromatic carbocycles. The van der Waals surface area contributed by atoms with Gasteiger partial charge in [0, 0.05) is 29.9 Å². The molecule has 4 aromatic heterocycles. The van der Waals surface area contributed by atoms with Crippen molar-refractivity contribution in [2.24, 2.45) is 0 Å². The number of hydrogen-bond acceptors (Lipinski definition) is 8. The minimum Gasteiger partial charge on any atom is -0.478 e. The van der Waals surface area contributed by atoms with Crippen LogP contribution in [0.4, 0.5) is 5.95 Å². The van der Waals surface area contributed by atoms with Gasteiger partial charge in [0.1, 0.15) is 5.82 Å². The number of anilines is 1. The number of halogens is 1. The van der Waals surface area contributed by atoms with Crippen molar-refractivity contribution in [3.63, 3.8) is 0 Å². The van der Waals surface area contributed by atoms with Crippen molar-refractivity contribution in [3.05, 3.63) is 47.6 Å². The van der Waals surface area contributed by atoms with Crippen LogP contribution in [-0.4, -0.2) is 60.2 Å². The maximum Gasteiger partial charge on any atom is 0.223 e. The van der Waals surface area contributed by atoms with Gasteiger partial charge in [0.15, 0.2) is 5.65 Å². The van der Waals surface area contributed by atoms with Gasteiger partial charge in [-0.25, -0.2) is 14.4 Å². The molecule has 31 heavy (non-hydrogen) atoms. The lowest BCUT2D eigenvalue weighted by Crippen LogP contribution is -2.40. The summed E-state index contributed by atoms with van der Waals surface area (Å²) in [7, 11) is 0. The molecule has 0 spiro atoms. The molecule has 0 radical (unpaired) electrons. The van der Waals surface area contributed by atoms with Gasteiger partial charge in [-0.1, -0.05) is 11.6 Å². The van der Waals surface area contributed by atoms with Crippen molar-refractivity contribution >= 4 is 23.2 Å². The maximum absolute atomic E-state index is 6.09. The number of aromatic nitrogens is 7. The first-order chi connectivity index (χ1) is 15.2. The molecule has 2 aliphatic heterocycles. The van der Waals surface area contributed by atoms with Gasteiger partial charge in [0.25, 0.3) is 0 Å². The van der Waals surface area contributed by atoms with Crippen LogP contribution in [0.25, 0.3) is 16.9 Å². The Kier molecular flexibility index (Phi) is 4.46. The summed E-state index contributed by atoms with van der Waals surface area (Å²) in [6, 6.07) is 6.08. The Bertz CT molecular complexity index is 1250. The van der Waals surface area contributed by atoms with Crippen LogP contribution in [0.1, 0.15) is 18.2 Å². The van der Waals surface area contributed by atoms with Crippen molar-refractivity contribution in [1.29, 1.82) is 0 Å². The molecule has 158 valence electrons. The smallest absolute Gasteiger partial charge is 0.223 e. The lowest BCUT2D eigenvalue weighted by atomic mass is 10.1. The molecule has 0 saturated carbocycles. The van der Waals surface area contributed by atoms with Crippen LogP contribution in [0.5, 0.6) is 5.88 Å². The van der Waals surface area contributed by atoms with Gasteiger partial charge in [-0.3, -0.25) is 4.68 Å². The molecule has 10 nitrogen and oxygen atoms in total. The number of nitrogens with one attached hydrogen (secondary N) is 1. The van der Waals surface area contributed by atoms with Crippen LogP contribution in [0.3, 0.4) is 0 Å². The SMILES string of the molecule is Clc1cnn(C[C@@H]2CCOc3cc(-c4ccnc(NC5COC5)n4)cc4nnc2n34)c1. The van der Waals surface area contributed by atoms with Crippen molar-refractivity contribution in [2.45, 2.75) is 24.9 Å². The first-order valence-electron chi connectivity index (χ1n) is 10.1. The summed E-state index contributed by atoms with van der Waals surface area (Å²) in [6.07, 6.45) is 5.99. The van der Waals surface area contributed by atoms with E-state index in [0.29, 0.717) is 48.9 Å². The van der Waals surface area contributed by atoms with Crippen LogP contribution < -0.4 is 10.1 Å². The topological polar surface area (TPSA) is 104 Å². The lowest BCUT2D eigenvalue weighted by Gasteiger charge is -2.26. The molecule has 1 N–H and O–H groups in total. The van der Waals surface area contributed by atoms with Crippen LogP contribution in [-0.2, 0) is 11.3 Å². The third-order valence-corrected chi connectivity index (χ3v) is 5.71. The van der Waals surface area contributed by atoms with Gasteiger partial charge in [-0.2, -0.15) is 5.10 Å². The highest BCUT2D eigenvalue weighted by molar-refractivity contribution is 6.30. The zero-order chi connectivity index (χ0) is 20.8. The molecule has 1 fully saturated rings. The third-order valence-electron chi connectivity index (χ3n) is 5.51. The van der Waals surface area contributed by atoms with Gasteiger partial charge >= 0.3 is 0 Å². The minimum absolute atomic E-state index is 0.109. The molecule has 6 rings (SSSR count). The average molecular weight is 439 g/mol. The first-order valence-corrected chi connectivity index (χ1v) is 10.5. The molecule has 2 aliphatic rings. The van der Waals surface area contributed by atoms with E-state index in [1.165, 1.54) is 0 Å². The van der Waals surface area contributed by atoms with Gasteiger partial charge in [-0.05, 0) is 18.6 Å². The number of rotatable bonds is 5. The molecule has 0 bridgehead atoms. The fraction of sp³-hybridized carbons (Fsp3) is 0.350. The van der Waals surface area contributed by atoms with E-state index < -0.39 is 0 Å². The number of hydrogen-bond donors (Lipinski definition) is 1. The number of nitrogens with zero attached hydrogens (tertiary/aromatic N) is 7. The molecule has 4 aromatic rings. The van der Waals surface area contributed by atoms with Gasteiger partial charge in [-0.15, -0.1) is 10.2 Å². The molecule has 6 heterocycles. The lowest BCUT2D eigenvalue weighted by molar-refractivity contribution is 0.0208. The summed E-state index contributed by atoms with van der Waals surface area (Å²) < 4.78 is 15.1. The molecule has 11 heteroatoms. The Morgan fingerprint density at radius 2 is 2.16 bits per heavy atom. The molecule has 0 unspecified atom stereocenters. The maximum atomic E-state index is 6.09. The summed E-state index contributed by atoms with van der Waals surface area (Å²) >= 11 is 6.01. The van der Waals surface area contributed by atoms with E-state index >= 15 is 0 Å². The molecule has 0 amide bonds. The molecule has 0 aliphatic carbocycles. The highest BCUT2D eigenvalue weighted by atomic mass is 35.5. The van der Waals surface area contributed by atoms with E-state index in [0.717, 1.165) is 23.5 Å². The van der Waals surface area contributed by atoms with E-state index in [4.69, 9.17) is 21.1 Å². The Labute approximate surface area is 182 Å². The van der Waals surface area contributed by atoms with E-state index in [1.807, 2.05) is 33.5 Å². The van der Waals surface area contributed by atoms with E-state index in [-0.39, 0.29) is 12.0 Å². The second-order valence-electron chi connectivity index (χ2n) is 7.69. The van der Waals surface area contributed by atoms with Crippen molar-refractivity contribution in [1.82, 2.24) is 34.3 Å². The predicted octanol–water partition coefficient (Wildman–Crippen LogP) is 2.41. The van der Waals surface area contributed by atoms with Gasteiger partial charge in [0.2, 0.25) is 11.8 Å². The molecular weight excluding hydrogens is 420 g/mol. The highest BCUT2D eigenvalue weighted by Crippen LogP contribution is 2.32. The van der Waals surface area contributed by atoms with Crippen LogP contribution in [0.2, 0.25) is 5.02 Å². The second-order valence-corrected chi connectivity index (χ2v) is 8.13. The Hall–Kier alpha value is -3.24. The second kappa shape index (κ2) is 7.47. The fourth-order valence-corrected chi connectivity index (χ4v) is 4.04. The first kappa shape index (κ1) is 18.5. The quantitative estimate of drug-likeness (QED) is 0.506. The largest absolute Gasteiger partial charge is 0.478 e. The van der Waals surface area contributed by atoms with Crippen molar-refractivity contribution in [3.8, 4) is 17.1 Å². The Morgan fingerprint density at radius 3 is 2.97 bits per heavy atom. The Morgan fingerprint density at radius 1 is 1.23 bits per heavy atom. The zero-order valence-corrected chi connectivity index (χ0v) is 17.2. The molecule has 1 saturated heterocycles. The number of ether oxygens (including phenoxy) is 2. The van der Waals surface area contributed by atoms with Crippen molar-refractivity contribution in [2.75, 3.05) is 25.1 Å². The highest BCUT2D eigenvalue weighted by Gasteiger charge is 2.26. The summed E-state index contributed by atoms with van der Waals surface area (Å²) in [5.41, 5.74) is 2.40. The minimum atomic E-state index is 0.109. The standard InChI is InChI=1S/C20H19ClN8O2/c21-14-7-23-28(9-14)8-12-2-4-31-18-6-13(5-17-26-27-19(12)29(17)18)16-1-3-22-20(25-16)24-15-10-30-11-15/h1,3,5-7,9,12,15H,2,4,8,10-11H2,(H,22,24,25)/t12-/m0/s1. The number of pyridine rings is 1. The van der Waals surface area contributed by atoms with E-state index in [1.54, 1.807) is 12.4 Å². The average Bonchev–Trinajstić information content (AvgIpc) is 3.31. The van der Waals surface area contributed by atoms with Crippen LogP contribution in [0.15, 0.2) is 36.8 Å². The molecular formula is C20H19ClN8O2. The summed E-state index contributed by atoms with van der Waals surface area (Å²) in [4.78, 5) is 8.97. The summed E-state index contributed by atoms with van der Waals surface area (Å²) in [6.45, 7) is 2.57. The monoisotopic (exact) mass is 438 g/mol. The van der Waals surface area contributed by atoms with E-state index in [9.17, 15) is 0 Å². The summed E-state index contributed by atoms with van der Waals surface area (Å²) in [5, 5.41) is 17.1. The van der Waals surface area contributed by atoms with Gasteiger partial charge < -0.3 is 14.8 Å². The van der Waals surface area contributed by atoms with Crippen LogP contribution >= 0.6 is 11.6 Å². The normalized spacial score (nSPS) is 18.4. The van der Waals surface area contributed by atoms with Gasteiger partial charge in [0.05, 0.1) is 49.3 Å². The zero-order valence-electron chi connectivity index (χ0n) is 16.5. The van der Waals surface area contributed by atoms with Crippen LogP contribution in [0, 0.1) is 0 Å².